The van der Waals surface area contributed by atoms with Crippen molar-refractivity contribution in [2.24, 2.45) is 0 Å². The summed E-state index contributed by atoms with van der Waals surface area (Å²) in [6.07, 6.45) is -3.16. The van der Waals surface area contributed by atoms with E-state index in [0.29, 0.717) is 5.56 Å². The first-order chi connectivity index (χ1) is 9.24. The van der Waals surface area contributed by atoms with Crippen LogP contribution in [0.3, 0.4) is 0 Å². The Morgan fingerprint density at radius 2 is 1.85 bits per heavy atom. The van der Waals surface area contributed by atoms with E-state index in [1.165, 1.54) is 18.2 Å². The Morgan fingerprint density at radius 1 is 1.30 bits per heavy atom. The third-order valence-electron chi connectivity index (χ3n) is 2.33. The van der Waals surface area contributed by atoms with E-state index in [-0.39, 0.29) is 11.6 Å². The van der Waals surface area contributed by atoms with Crippen molar-refractivity contribution in [3.8, 4) is 6.07 Å². The molecule has 1 aromatic rings. The number of alkyl halides is 3. The number of hydrogen-bond donors (Lipinski definition) is 1. The molecule has 0 heterocycles. The lowest BCUT2D eigenvalue weighted by Crippen LogP contribution is -2.30. The largest absolute Gasteiger partial charge is 0.416 e. The van der Waals surface area contributed by atoms with Crippen molar-refractivity contribution in [1.29, 1.82) is 5.26 Å². The SMILES string of the molecule is CC(C)NC(=O)C(C#N)=Cc1ccc(C(F)(F)F)cc1. The molecule has 20 heavy (non-hydrogen) atoms. The van der Waals surface area contributed by atoms with Crippen molar-refractivity contribution in [3.63, 3.8) is 0 Å². The molecule has 0 saturated heterocycles. The van der Waals surface area contributed by atoms with E-state index < -0.39 is 17.6 Å². The van der Waals surface area contributed by atoms with Crippen LogP contribution in [-0.4, -0.2) is 11.9 Å². The minimum Gasteiger partial charge on any atom is -0.349 e. The van der Waals surface area contributed by atoms with Crippen molar-refractivity contribution in [2.45, 2.75) is 26.1 Å². The van der Waals surface area contributed by atoms with E-state index >= 15 is 0 Å². The fraction of sp³-hybridized carbons (Fsp3) is 0.286. The Morgan fingerprint density at radius 3 is 2.25 bits per heavy atom. The second-order valence-electron chi connectivity index (χ2n) is 4.42. The number of nitriles is 1. The van der Waals surface area contributed by atoms with Crippen LogP contribution in [0.25, 0.3) is 6.08 Å². The second kappa shape index (κ2) is 6.24. The highest BCUT2D eigenvalue weighted by molar-refractivity contribution is 6.01. The molecule has 0 unspecified atom stereocenters. The fourth-order valence-electron chi connectivity index (χ4n) is 1.42. The minimum absolute atomic E-state index is 0.133. The highest BCUT2D eigenvalue weighted by Crippen LogP contribution is 2.29. The summed E-state index contributed by atoms with van der Waals surface area (Å²) in [5.41, 5.74) is -0.577. The maximum absolute atomic E-state index is 12.4. The first-order valence-electron chi connectivity index (χ1n) is 5.84. The van der Waals surface area contributed by atoms with Gasteiger partial charge in [0.05, 0.1) is 5.56 Å². The van der Waals surface area contributed by atoms with Crippen molar-refractivity contribution >= 4 is 12.0 Å². The molecule has 1 N–H and O–H groups in total. The van der Waals surface area contributed by atoms with Gasteiger partial charge in [-0.1, -0.05) is 12.1 Å². The standard InChI is InChI=1S/C14H13F3N2O/c1-9(2)19-13(20)11(8-18)7-10-3-5-12(6-4-10)14(15,16)17/h3-7,9H,1-2H3,(H,19,20). The van der Waals surface area contributed by atoms with Crippen LogP contribution in [0.1, 0.15) is 25.0 Å². The third kappa shape index (κ3) is 4.43. The van der Waals surface area contributed by atoms with E-state index in [2.05, 4.69) is 5.32 Å². The van der Waals surface area contributed by atoms with Gasteiger partial charge in [-0.25, -0.2) is 0 Å². The lowest BCUT2D eigenvalue weighted by Gasteiger charge is -2.08. The summed E-state index contributed by atoms with van der Waals surface area (Å²) >= 11 is 0. The zero-order valence-corrected chi connectivity index (χ0v) is 11.0. The first kappa shape index (κ1) is 15.8. The molecule has 0 radical (unpaired) electrons. The van der Waals surface area contributed by atoms with Gasteiger partial charge in [0.25, 0.3) is 5.91 Å². The van der Waals surface area contributed by atoms with Crippen molar-refractivity contribution < 1.29 is 18.0 Å². The predicted octanol–water partition coefficient (Wildman–Crippen LogP) is 3.14. The number of amides is 1. The Labute approximate surface area is 114 Å². The Bertz CT molecular complexity index is 551. The molecule has 1 amide bonds. The molecule has 0 aromatic heterocycles. The van der Waals surface area contributed by atoms with Crippen LogP contribution >= 0.6 is 0 Å². The van der Waals surface area contributed by atoms with Crippen LogP contribution in [-0.2, 0) is 11.0 Å². The summed E-state index contributed by atoms with van der Waals surface area (Å²) < 4.78 is 37.2. The van der Waals surface area contributed by atoms with Gasteiger partial charge in [0, 0.05) is 6.04 Å². The molecular weight excluding hydrogens is 269 g/mol. The second-order valence-corrected chi connectivity index (χ2v) is 4.42. The molecule has 0 bridgehead atoms. The van der Waals surface area contributed by atoms with Gasteiger partial charge >= 0.3 is 6.18 Å². The van der Waals surface area contributed by atoms with Crippen LogP contribution in [0.5, 0.6) is 0 Å². The number of benzene rings is 1. The average Bonchev–Trinajstić information content (AvgIpc) is 2.34. The summed E-state index contributed by atoms with van der Waals surface area (Å²) in [6, 6.07) is 5.82. The molecule has 0 fully saturated rings. The lowest BCUT2D eigenvalue weighted by atomic mass is 10.1. The minimum atomic E-state index is -4.41. The summed E-state index contributed by atoms with van der Waals surface area (Å²) in [5, 5.41) is 11.4. The molecule has 0 atom stereocenters. The smallest absolute Gasteiger partial charge is 0.349 e. The van der Waals surface area contributed by atoms with Gasteiger partial charge in [-0.05, 0) is 37.6 Å². The molecule has 1 aromatic carbocycles. The van der Waals surface area contributed by atoms with Crippen LogP contribution < -0.4 is 5.32 Å². The van der Waals surface area contributed by atoms with E-state index in [1.54, 1.807) is 19.9 Å². The van der Waals surface area contributed by atoms with Crippen LogP contribution in [0.2, 0.25) is 0 Å². The molecule has 3 nitrogen and oxygen atoms in total. The normalized spacial score (nSPS) is 12.2. The van der Waals surface area contributed by atoms with E-state index in [1.807, 2.05) is 0 Å². The molecular formula is C14H13F3N2O. The molecule has 0 saturated carbocycles. The van der Waals surface area contributed by atoms with Gasteiger partial charge < -0.3 is 5.32 Å². The first-order valence-corrected chi connectivity index (χ1v) is 5.84. The number of rotatable bonds is 3. The Hall–Kier alpha value is -2.29. The summed E-state index contributed by atoms with van der Waals surface area (Å²) in [4.78, 5) is 11.6. The average molecular weight is 282 g/mol. The van der Waals surface area contributed by atoms with Gasteiger partial charge in [0.1, 0.15) is 11.6 Å². The Balaban J connectivity index is 2.97. The zero-order valence-electron chi connectivity index (χ0n) is 11.0. The number of carbonyl (C=O) groups is 1. The van der Waals surface area contributed by atoms with Crippen molar-refractivity contribution in [1.82, 2.24) is 5.32 Å². The topological polar surface area (TPSA) is 52.9 Å². The van der Waals surface area contributed by atoms with E-state index in [4.69, 9.17) is 5.26 Å². The van der Waals surface area contributed by atoms with Crippen molar-refractivity contribution in [3.05, 3.63) is 41.0 Å². The summed E-state index contributed by atoms with van der Waals surface area (Å²) in [7, 11) is 0. The molecule has 0 aliphatic heterocycles. The van der Waals surface area contributed by atoms with Crippen LogP contribution in [0.4, 0.5) is 13.2 Å². The van der Waals surface area contributed by atoms with Crippen LogP contribution in [0.15, 0.2) is 29.8 Å². The lowest BCUT2D eigenvalue weighted by molar-refractivity contribution is -0.137. The monoisotopic (exact) mass is 282 g/mol. The molecule has 1 rings (SSSR count). The number of carbonyl (C=O) groups excluding carboxylic acids is 1. The number of nitrogens with zero attached hydrogens (tertiary/aromatic N) is 1. The van der Waals surface area contributed by atoms with Crippen molar-refractivity contribution in [2.75, 3.05) is 0 Å². The molecule has 0 aliphatic rings. The Kier molecular flexibility index (Phi) is 4.92. The molecule has 6 heteroatoms. The third-order valence-corrected chi connectivity index (χ3v) is 2.33. The number of halogens is 3. The summed E-state index contributed by atoms with van der Waals surface area (Å²) in [6.45, 7) is 3.48. The molecule has 106 valence electrons. The molecule has 0 spiro atoms. The highest BCUT2D eigenvalue weighted by atomic mass is 19.4. The zero-order chi connectivity index (χ0) is 15.3. The quantitative estimate of drug-likeness (QED) is 0.684. The number of nitrogens with one attached hydrogen (secondary N) is 1. The number of hydrogen-bond acceptors (Lipinski definition) is 2. The van der Waals surface area contributed by atoms with Gasteiger partial charge in [-0.2, -0.15) is 18.4 Å². The van der Waals surface area contributed by atoms with Gasteiger partial charge in [-0.3, -0.25) is 4.79 Å². The van der Waals surface area contributed by atoms with Gasteiger partial charge in [-0.15, -0.1) is 0 Å². The predicted molar refractivity (Wildman–Crippen MR) is 68.3 cm³/mol. The van der Waals surface area contributed by atoms with E-state index in [0.717, 1.165) is 12.1 Å². The van der Waals surface area contributed by atoms with E-state index in [9.17, 15) is 18.0 Å². The highest BCUT2D eigenvalue weighted by Gasteiger charge is 2.29. The maximum atomic E-state index is 12.4. The summed E-state index contributed by atoms with van der Waals surface area (Å²) in [5.74, 6) is -0.553. The van der Waals surface area contributed by atoms with Gasteiger partial charge in [0.2, 0.25) is 0 Å². The van der Waals surface area contributed by atoms with Crippen LogP contribution in [0, 0.1) is 11.3 Å². The maximum Gasteiger partial charge on any atom is 0.416 e. The van der Waals surface area contributed by atoms with Gasteiger partial charge in [0.15, 0.2) is 0 Å². The fourth-order valence-corrected chi connectivity index (χ4v) is 1.42. The molecule has 0 aliphatic carbocycles.